The van der Waals surface area contributed by atoms with Crippen LogP contribution in [0.25, 0.3) is 0 Å². The van der Waals surface area contributed by atoms with Crippen molar-refractivity contribution in [3.63, 3.8) is 0 Å². The monoisotopic (exact) mass is 444 g/mol. The van der Waals surface area contributed by atoms with Crippen LogP contribution in [0, 0.1) is 13.8 Å². The molecule has 1 aromatic heterocycles. The summed E-state index contributed by atoms with van der Waals surface area (Å²) in [5, 5.41) is 0. The quantitative estimate of drug-likeness (QED) is 0.487. The fraction of sp³-hybridized carbons (Fsp3) is 0.542. The summed E-state index contributed by atoms with van der Waals surface area (Å²) < 4.78 is 7.15. The number of carbonyl (C=O) groups is 1. The second kappa shape index (κ2) is 12.1. The Morgan fingerprint density at radius 3 is 2.50 bits per heavy atom. The molecule has 0 bridgehead atoms. The molecule has 3 N–H and O–H groups in total. The second-order valence-corrected chi connectivity index (χ2v) is 8.12. The molecule has 176 valence electrons. The summed E-state index contributed by atoms with van der Waals surface area (Å²) in [5.74, 6) is 0.502. The summed E-state index contributed by atoms with van der Waals surface area (Å²) >= 11 is 0. The van der Waals surface area contributed by atoms with Crippen LogP contribution in [0.2, 0.25) is 0 Å². The van der Waals surface area contributed by atoms with E-state index in [4.69, 9.17) is 10.5 Å². The minimum atomic E-state index is -0.639. The number of nitrogens with zero attached hydrogens (tertiary/aromatic N) is 2. The maximum absolute atomic E-state index is 13.1. The number of nitrogens with one attached hydrogen (secondary N) is 1. The molecule has 32 heavy (non-hydrogen) atoms. The van der Waals surface area contributed by atoms with Gasteiger partial charge in [-0.15, -0.1) is 0 Å². The number of anilines is 2. The van der Waals surface area contributed by atoms with E-state index in [0.717, 1.165) is 49.0 Å². The highest BCUT2D eigenvalue weighted by Crippen LogP contribution is 2.21. The number of nitrogen functional groups attached to an aromatic ring is 1. The summed E-state index contributed by atoms with van der Waals surface area (Å²) in [4.78, 5) is 41.8. The molecule has 1 amide bonds. The Bertz CT molecular complexity index is 1030. The maximum atomic E-state index is 13.1. The Balaban J connectivity index is 2.26. The number of nitrogens with two attached hydrogens (primary N) is 1. The third-order valence-electron chi connectivity index (χ3n) is 5.41. The molecule has 8 heteroatoms. The van der Waals surface area contributed by atoms with Crippen molar-refractivity contribution in [2.45, 2.75) is 72.8 Å². The van der Waals surface area contributed by atoms with Crippen molar-refractivity contribution in [1.29, 1.82) is 0 Å². The predicted octanol–water partition coefficient (Wildman–Crippen LogP) is 3.53. The molecule has 0 aliphatic heterocycles. The van der Waals surface area contributed by atoms with Crippen LogP contribution in [0.5, 0.6) is 5.75 Å². The van der Waals surface area contributed by atoms with Crippen LogP contribution in [-0.2, 0) is 11.3 Å². The largest absolute Gasteiger partial charge is 0.493 e. The highest BCUT2D eigenvalue weighted by Gasteiger charge is 2.24. The van der Waals surface area contributed by atoms with Gasteiger partial charge in [-0.2, -0.15) is 0 Å². The smallest absolute Gasteiger partial charge is 0.330 e. The fourth-order valence-corrected chi connectivity index (χ4v) is 3.60. The van der Waals surface area contributed by atoms with Gasteiger partial charge in [0, 0.05) is 13.1 Å². The molecule has 1 heterocycles. The number of carbonyl (C=O) groups excluding carboxylic acids is 1. The first-order chi connectivity index (χ1) is 15.3. The highest BCUT2D eigenvalue weighted by atomic mass is 16.5. The number of benzene rings is 1. The summed E-state index contributed by atoms with van der Waals surface area (Å²) in [6.45, 7) is 8.96. The average molecular weight is 445 g/mol. The Kier molecular flexibility index (Phi) is 9.56. The summed E-state index contributed by atoms with van der Waals surface area (Å²) in [7, 11) is 0. The van der Waals surface area contributed by atoms with E-state index in [0.29, 0.717) is 13.1 Å². The lowest BCUT2D eigenvalue weighted by Gasteiger charge is -2.24. The number of H-pyrrole nitrogens is 1. The van der Waals surface area contributed by atoms with Gasteiger partial charge in [0.2, 0.25) is 5.91 Å². The van der Waals surface area contributed by atoms with E-state index in [1.165, 1.54) is 9.47 Å². The van der Waals surface area contributed by atoms with Gasteiger partial charge in [-0.1, -0.05) is 50.8 Å². The maximum Gasteiger partial charge on any atom is 0.330 e. The van der Waals surface area contributed by atoms with Crippen molar-refractivity contribution >= 4 is 17.4 Å². The number of amides is 1. The second-order valence-electron chi connectivity index (χ2n) is 8.12. The molecule has 2 aromatic rings. The predicted molar refractivity (Wildman–Crippen MR) is 129 cm³/mol. The fourth-order valence-electron chi connectivity index (χ4n) is 3.60. The molecule has 0 aliphatic carbocycles. The topological polar surface area (TPSA) is 110 Å². The van der Waals surface area contributed by atoms with Gasteiger partial charge in [0.05, 0.1) is 13.0 Å². The Morgan fingerprint density at radius 1 is 1.12 bits per heavy atom. The molecule has 0 saturated heterocycles. The van der Waals surface area contributed by atoms with Crippen molar-refractivity contribution in [3.8, 4) is 5.75 Å². The number of ether oxygens (including phenoxy) is 1. The zero-order chi connectivity index (χ0) is 23.7. The number of aromatic nitrogens is 2. The first kappa shape index (κ1) is 25.2. The van der Waals surface area contributed by atoms with Crippen LogP contribution in [0.1, 0.15) is 63.5 Å². The lowest BCUT2D eigenvalue weighted by atomic mass is 10.1. The van der Waals surface area contributed by atoms with Crippen LogP contribution in [-0.4, -0.2) is 28.6 Å². The average Bonchev–Trinajstić information content (AvgIpc) is 2.73. The number of aromatic amines is 1. The van der Waals surface area contributed by atoms with Gasteiger partial charge < -0.3 is 15.4 Å². The molecule has 0 unspecified atom stereocenters. The van der Waals surface area contributed by atoms with Crippen molar-refractivity contribution in [1.82, 2.24) is 9.55 Å². The summed E-state index contributed by atoms with van der Waals surface area (Å²) in [5.41, 5.74) is 7.24. The van der Waals surface area contributed by atoms with Crippen molar-refractivity contribution in [3.05, 3.63) is 50.2 Å². The van der Waals surface area contributed by atoms with Crippen LogP contribution in [0.4, 0.5) is 11.5 Å². The van der Waals surface area contributed by atoms with Crippen molar-refractivity contribution in [2.75, 3.05) is 23.8 Å². The number of rotatable bonds is 12. The molecule has 0 aliphatic rings. The van der Waals surface area contributed by atoms with Gasteiger partial charge in [0.25, 0.3) is 5.56 Å². The lowest BCUT2D eigenvalue weighted by Crippen LogP contribution is -2.42. The van der Waals surface area contributed by atoms with E-state index in [9.17, 15) is 14.4 Å². The normalized spacial score (nSPS) is 10.9. The molecule has 0 saturated carbocycles. The molecule has 0 spiro atoms. The van der Waals surface area contributed by atoms with Gasteiger partial charge in [-0.05, 0) is 38.3 Å². The number of hydrogen-bond donors (Lipinski definition) is 2. The minimum Gasteiger partial charge on any atom is -0.493 e. The zero-order valence-electron chi connectivity index (χ0n) is 19.7. The molecule has 8 nitrogen and oxygen atoms in total. The molecule has 0 fully saturated rings. The number of aryl methyl sites for hydroxylation is 2. The summed E-state index contributed by atoms with van der Waals surface area (Å²) in [6, 6.07) is 5.87. The van der Waals surface area contributed by atoms with Gasteiger partial charge in [-0.25, -0.2) is 4.79 Å². The van der Waals surface area contributed by atoms with Crippen LogP contribution in [0.15, 0.2) is 27.8 Å². The van der Waals surface area contributed by atoms with Gasteiger partial charge >= 0.3 is 5.69 Å². The molecule has 0 atom stereocenters. The molecular formula is C24H36N4O4. The van der Waals surface area contributed by atoms with Gasteiger partial charge in [0.1, 0.15) is 11.6 Å². The standard InChI is InChI=1S/C24H36N4O4/c1-5-7-9-14-27(20(29)12-15-32-19-11-10-17(3)16-18(19)4)21-22(25)28(13-8-6-2)24(31)26-23(21)30/h10-11,16H,5-9,12-15,25H2,1-4H3,(H,26,30,31). The number of hydrogen-bond acceptors (Lipinski definition) is 5. The molecule has 1 aromatic carbocycles. The van der Waals surface area contributed by atoms with E-state index < -0.39 is 11.2 Å². The Hall–Kier alpha value is -3.03. The van der Waals surface area contributed by atoms with Crippen molar-refractivity contribution in [2.24, 2.45) is 0 Å². The molecule has 2 rings (SSSR count). The number of unbranched alkanes of at least 4 members (excludes halogenated alkanes) is 3. The minimum absolute atomic E-state index is 0.0346. The first-order valence-corrected chi connectivity index (χ1v) is 11.4. The summed E-state index contributed by atoms with van der Waals surface area (Å²) in [6.07, 6.45) is 4.31. The first-order valence-electron chi connectivity index (χ1n) is 11.4. The van der Waals surface area contributed by atoms with Crippen LogP contribution in [0.3, 0.4) is 0 Å². The van der Waals surface area contributed by atoms with Gasteiger partial charge in [0.15, 0.2) is 5.69 Å². The molecular weight excluding hydrogens is 408 g/mol. The SMILES string of the molecule is CCCCCN(C(=O)CCOc1ccc(C)cc1C)c1c(N)n(CCCC)c(=O)[nH]c1=O. The van der Waals surface area contributed by atoms with Crippen molar-refractivity contribution < 1.29 is 9.53 Å². The molecule has 0 radical (unpaired) electrons. The highest BCUT2D eigenvalue weighted by molar-refractivity contribution is 5.95. The van der Waals surface area contributed by atoms with Crippen LogP contribution >= 0.6 is 0 Å². The zero-order valence-corrected chi connectivity index (χ0v) is 19.7. The van der Waals surface area contributed by atoms with E-state index >= 15 is 0 Å². The Labute approximate surface area is 189 Å². The van der Waals surface area contributed by atoms with E-state index in [2.05, 4.69) is 11.9 Å². The van der Waals surface area contributed by atoms with E-state index in [1.54, 1.807) is 0 Å². The van der Waals surface area contributed by atoms with Crippen LogP contribution < -0.4 is 26.6 Å². The Morgan fingerprint density at radius 2 is 1.84 bits per heavy atom. The third kappa shape index (κ3) is 6.48. The van der Waals surface area contributed by atoms with E-state index in [-0.39, 0.29) is 30.4 Å². The van der Waals surface area contributed by atoms with E-state index in [1.807, 2.05) is 39.0 Å². The third-order valence-corrected chi connectivity index (χ3v) is 5.41. The lowest BCUT2D eigenvalue weighted by molar-refractivity contribution is -0.119. The van der Waals surface area contributed by atoms with Gasteiger partial charge in [-0.3, -0.25) is 19.1 Å².